The van der Waals surface area contributed by atoms with Gasteiger partial charge < -0.3 is 18.9 Å². The van der Waals surface area contributed by atoms with Crippen LogP contribution in [0.15, 0.2) is 35.0 Å². The molecule has 14 heteroatoms. The molecule has 0 spiro atoms. The topological polar surface area (TPSA) is 104 Å². The van der Waals surface area contributed by atoms with E-state index in [2.05, 4.69) is 34.8 Å². The lowest BCUT2D eigenvalue weighted by Crippen LogP contribution is -2.36. The number of nitrogens with zero attached hydrogens (tertiary/aromatic N) is 7. The molecule has 1 saturated heterocycles. The first-order chi connectivity index (χ1) is 16.3. The van der Waals surface area contributed by atoms with Crippen molar-refractivity contribution in [2.75, 3.05) is 31.2 Å². The van der Waals surface area contributed by atoms with E-state index in [1.807, 2.05) is 13.1 Å². The third-order valence-electron chi connectivity index (χ3n) is 4.95. The van der Waals surface area contributed by atoms with Gasteiger partial charge in [-0.25, -0.2) is 14.6 Å². The molecule has 1 aromatic carbocycles. The Morgan fingerprint density at radius 3 is 2.59 bits per heavy atom. The number of hydrogen-bond acceptors (Lipinski definition) is 10. The van der Waals surface area contributed by atoms with Gasteiger partial charge in [0.2, 0.25) is 11.6 Å². The van der Waals surface area contributed by atoms with Crippen molar-refractivity contribution in [3.63, 3.8) is 0 Å². The van der Waals surface area contributed by atoms with Crippen molar-refractivity contribution < 1.29 is 27.2 Å². The zero-order valence-electron chi connectivity index (χ0n) is 17.8. The Hall–Kier alpha value is -3.52. The van der Waals surface area contributed by atoms with Crippen molar-refractivity contribution in [3.8, 4) is 28.9 Å². The summed E-state index contributed by atoms with van der Waals surface area (Å²) in [5, 5.41) is 9.30. The van der Waals surface area contributed by atoms with Crippen LogP contribution in [0.5, 0.6) is 5.75 Å². The van der Waals surface area contributed by atoms with E-state index in [9.17, 15) is 13.2 Å². The Morgan fingerprint density at radius 1 is 1.09 bits per heavy atom. The molecule has 1 aliphatic heterocycles. The van der Waals surface area contributed by atoms with Gasteiger partial charge in [-0.3, -0.25) is 0 Å². The summed E-state index contributed by atoms with van der Waals surface area (Å²) in [4.78, 5) is 16.4. The molecule has 4 aromatic rings. The number of alkyl halides is 3. The molecule has 0 unspecified atom stereocenters. The molecule has 34 heavy (non-hydrogen) atoms. The minimum Gasteiger partial charge on any atom is -0.406 e. The molecule has 1 fully saturated rings. The molecule has 10 nitrogen and oxygen atoms in total. The second kappa shape index (κ2) is 9.02. The first-order valence-electron chi connectivity index (χ1n) is 10.2. The van der Waals surface area contributed by atoms with Gasteiger partial charge in [-0.1, -0.05) is 16.5 Å². The van der Waals surface area contributed by atoms with Crippen LogP contribution in [-0.2, 0) is 11.3 Å². The van der Waals surface area contributed by atoms with E-state index in [-0.39, 0.29) is 23.3 Å². The molecule has 5 rings (SSSR count). The number of aromatic nitrogens is 6. The van der Waals surface area contributed by atoms with E-state index >= 15 is 0 Å². The number of aryl methyl sites for hydroxylation is 1. The fourth-order valence-electron chi connectivity index (χ4n) is 3.32. The lowest BCUT2D eigenvalue weighted by atomic mass is 10.2. The van der Waals surface area contributed by atoms with Gasteiger partial charge in [0.15, 0.2) is 5.13 Å². The summed E-state index contributed by atoms with van der Waals surface area (Å²) in [5.41, 5.74) is 0.459. The number of rotatable bonds is 6. The number of thiazole rings is 1. The van der Waals surface area contributed by atoms with E-state index in [0.29, 0.717) is 31.1 Å². The number of halogens is 3. The molecule has 0 bridgehead atoms. The van der Waals surface area contributed by atoms with Crippen molar-refractivity contribution in [2.24, 2.45) is 0 Å². The fourth-order valence-corrected chi connectivity index (χ4v) is 4.26. The third kappa shape index (κ3) is 5.02. The second-order valence-corrected chi connectivity index (χ2v) is 8.44. The summed E-state index contributed by atoms with van der Waals surface area (Å²) in [6, 6.07) is 5.16. The van der Waals surface area contributed by atoms with E-state index in [4.69, 9.17) is 9.26 Å². The number of benzene rings is 1. The van der Waals surface area contributed by atoms with Crippen molar-refractivity contribution in [2.45, 2.75) is 19.8 Å². The number of morpholine rings is 1. The maximum atomic E-state index is 12.3. The maximum Gasteiger partial charge on any atom is 0.573 e. The summed E-state index contributed by atoms with van der Waals surface area (Å²) in [6.07, 6.45) is -2.93. The Morgan fingerprint density at radius 2 is 1.85 bits per heavy atom. The molecule has 0 amide bonds. The molecule has 1 aliphatic rings. The van der Waals surface area contributed by atoms with Gasteiger partial charge in [-0.05, 0) is 31.2 Å². The fraction of sp³-hybridized carbons (Fsp3) is 0.350. The molecule has 0 saturated carbocycles. The molecule has 178 valence electrons. The normalized spacial score (nSPS) is 14.5. The zero-order chi connectivity index (χ0) is 23.7. The maximum absolute atomic E-state index is 12.3. The highest BCUT2D eigenvalue weighted by atomic mass is 32.1. The summed E-state index contributed by atoms with van der Waals surface area (Å²) in [5.74, 6) is 0.873. The van der Waals surface area contributed by atoms with Crippen LogP contribution in [0.4, 0.5) is 18.3 Å². The third-order valence-corrected chi connectivity index (χ3v) is 5.99. The largest absolute Gasteiger partial charge is 0.573 e. The SMILES string of the molecule is Cc1nc(-c2nc(-c3ccc(OC(F)(F)F)cc3)no2)nn1Cc1cnc(N2CCOCC2)s1. The van der Waals surface area contributed by atoms with E-state index in [1.54, 1.807) is 16.0 Å². The Bertz CT molecular complexity index is 1260. The van der Waals surface area contributed by atoms with Gasteiger partial charge in [-0.2, -0.15) is 4.98 Å². The minimum atomic E-state index is -4.76. The quantitative estimate of drug-likeness (QED) is 0.399. The average molecular weight is 493 g/mol. The van der Waals surface area contributed by atoms with E-state index in [1.165, 1.54) is 24.3 Å². The van der Waals surface area contributed by atoms with Gasteiger partial charge in [0.05, 0.1) is 19.8 Å². The summed E-state index contributed by atoms with van der Waals surface area (Å²) < 4.78 is 53.2. The van der Waals surface area contributed by atoms with Crippen LogP contribution >= 0.6 is 11.3 Å². The lowest BCUT2D eigenvalue weighted by molar-refractivity contribution is -0.274. The van der Waals surface area contributed by atoms with Crippen molar-refractivity contribution in [1.29, 1.82) is 0 Å². The van der Waals surface area contributed by atoms with Gasteiger partial charge in [-0.15, -0.1) is 18.3 Å². The van der Waals surface area contributed by atoms with Gasteiger partial charge in [0.1, 0.15) is 11.6 Å². The molecule has 0 radical (unpaired) electrons. The molecule has 0 atom stereocenters. The minimum absolute atomic E-state index is 0.103. The van der Waals surface area contributed by atoms with Crippen molar-refractivity contribution in [1.82, 2.24) is 29.9 Å². The van der Waals surface area contributed by atoms with Crippen LogP contribution in [0.3, 0.4) is 0 Å². The molecular formula is C20H18F3N7O3S. The molecule has 0 aliphatic carbocycles. The van der Waals surface area contributed by atoms with Crippen LogP contribution in [0.1, 0.15) is 10.7 Å². The summed E-state index contributed by atoms with van der Waals surface area (Å²) in [6.45, 7) is 5.32. The number of ether oxygens (including phenoxy) is 2. The monoisotopic (exact) mass is 493 g/mol. The van der Waals surface area contributed by atoms with Crippen LogP contribution in [0.25, 0.3) is 23.1 Å². The van der Waals surface area contributed by atoms with Crippen LogP contribution in [-0.4, -0.2) is 62.6 Å². The van der Waals surface area contributed by atoms with E-state index < -0.39 is 6.36 Å². The number of hydrogen-bond donors (Lipinski definition) is 0. The highest BCUT2D eigenvalue weighted by Crippen LogP contribution is 2.27. The second-order valence-electron chi connectivity index (χ2n) is 7.34. The lowest BCUT2D eigenvalue weighted by Gasteiger charge is -2.25. The molecular weight excluding hydrogens is 475 g/mol. The van der Waals surface area contributed by atoms with Gasteiger partial charge in [0.25, 0.3) is 5.89 Å². The zero-order valence-corrected chi connectivity index (χ0v) is 18.6. The Labute approximate surface area is 195 Å². The predicted molar refractivity (Wildman–Crippen MR) is 114 cm³/mol. The van der Waals surface area contributed by atoms with Gasteiger partial charge >= 0.3 is 6.36 Å². The van der Waals surface area contributed by atoms with Crippen molar-refractivity contribution in [3.05, 3.63) is 41.2 Å². The van der Waals surface area contributed by atoms with Crippen molar-refractivity contribution >= 4 is 16.5 Å². The predicted octanol–water partition coefficient (Wildman–Crippen LogP) is 3.54. The van der Waals surface area contributed by atoms with Crippen LogP contribution in [0, 0.1) is 6.92 Å². The molecule has 0 N–H and O–H groups in total. The standard InChI is InChI=1S/C20H18F3N7O3S/c1-12-25-17(27-30(12)11-15-10-24-19(34-15)29-6-8-31-9-7-29)18-26-16(28-33-18)13-2-4-14(5-3-13)32-20(21,22)23/h2-5,10H,6-9,11H2,1H3. The smallest absolute Gasteiger partial charge is 0.406 e. The first kappa shape index (κ1) is 22.3. The van der Waals surface area contributed by atoms with Crippen LogP contribution in [0.2, 0.25) is 0 Å². The summed E-state index contributed by atoms with van der Waals surface area (Å²) in [7, 11) is 0. The Balaban J connectivity index is 1.28. The average Bonchev–Trinajstić information content (AvgIpc) is 3.55. The number of anilines is 1. The highest BCUT2D eigenvalue weighted by Gasteiger charge is 2.31. The van der Waals surface area contributed by atoms with E-state index in [0.717, 1.165) is 23.1 Å². The molecule has 4 heterocycles. The first-order valence-corrected chi connectivity index (χ1v) is 11.0. The molecule has 3 aromatic heterocycles. The summed E-state index contributed by atoms with van der Waals surface area (Å²) >= 11 is 1.59. The highest BCUT2D eigenvalue weighted by molar-refractivity contribution is 7.15. The van der Waals surface area contributed by atoms with Crippen LogP contribution < -0.4 is 9.64 Å². The Kier molecular flexibility index (Phi) is 5.91. The van der Waals surface area contributed by atoms with Gasteiger partial charge in [0, 0.05) is 29.7 Å².